The molecule has 0 bridgehead atoms. The zero-order valence-corrected chi connectivity index (χ0v) is 16.7. The van der Waals surface area contributed by atoms with Crippen molar-refractivity contribution in [3.05, 3.63) is 48.0 Å². The van der Waals surface area contributed by atoms with Crippen LogP contribution < -0.4 is 10.2 Å². The number of nitrogens with zero attached hydrogens (tertiary/aromatic N) is 2. The quantitative estimate of drug-likeness (QED) is 0.607. The van der Waals surface area contributed by atoms with Gasteiger partial charge in [0.1, 0.15) is 11.6 Å². The van der Waals surface area contributed by atoms with E-state index in [0.29, 0.717) is 11.5 Å². The number of hydrogen-bond acceptors (Lipinski definition) is 4. The fraction of sp³-hybridized carbons (Fsp3) is 0.435. The molecule has 0 amide bonds. The normalized spacial score (nSPS) is 17.8. The topological polar surface area (TPSA) is 53.2 Å². The molecule has 1 aliphatic carbocycles. The van der Waals surface area contributed by atoms with Gasteiger partial charge in [-0.3, -0.25) is 0 Å². The third kappa shape index (κ3) is 3.94. The van der Waals surface area contributed by atoms with E-state index >= 15 is 0 Å². The van der Waals surface area contributed by atoms with E-state index in [4.69, 9.17) is 4.74 Å². The molecule has 3 aromatic rings. The van der Waals surface area contributed by atoms with Crippen LogP contribution in [0.1, 0.15) is 31.2 Å². The minimum atomic E-state index is -0.229. The first-order valence-corrected chi connectivity index (χ1v) is 10.5. The molecule has 5 nitrogen and oxygen atoms in total. The lowest BCUT2D eigenvalue weighted by molar-refractivity contribution is 0.0305. The van der Waals surface area contributed by atoms with Crippen molar-refractivity contribution in [3.63, 3.8) is 0 Å². The van der Waals surface area contributed by atoms with Crippen LogP contribution in [0.15, 0.2) is 36.7 Å². The summed E-state index contributed by atoms with van der Waals surface area (Å²) in [6.07, 6.45) is 8.48. The van der Waals surface area contributed by atoms with Crippen molar-refractivity contribution in [3.8, 4) is 0 Å². The molecule has 1 aromatic carbocycles. The lowest BCUT2D eigenvalue weighted by Gasteiger charge is -2.34. The highest BCUT2D eigenvalue weighted by Gasteiger charge is 2.26. The van der Waals surface area contributed by atoms with Gasteiger partial charge < -0.3 is 19.9 Å². The zero-order valence-electron chi connectivity index (χ0n) is 16.7. The average molecular weight is 394 g/mol. The highest BCUT2D eigenvalue weighted by molar-refractivity contribution is 5.84. The first-order chi connectivity index (χ1) is 14.2. The lowest BCUT2D eigenvalue weighted by atomic mass is 10.1. The predicted octanol–water partition coefficient (Wildman–Crippen LogP) is 5.15. The van der Waals surface area contributed by atoms with Crippen LogP contribution in [0.3, 0.4) is 0 Å². The van der Waals surface area contributed by atoms with Gasteiger partial charge in [0.15, 0.2) is 0 Å². The predicted molar refractivity (Wildman–Crippen MR) is 114 cm³/mol. The van der Waals surface area contributed by atoms with Crippen LogP contribution in [0.4, 0.5) is 21.6 Å². The van der Waals surface area contributed by atoms with Gasteiger partial charge in [0.25, 0.3) is 0 Å². The molecule has 0 spiro atoms. The maximum absolute atomic E-state index is 13.7. The van der Waals surface area contributed by atoms with Crippen molar-refractivity contribution in [2.45, 2.75) is 38.7 Å². The van der Waals surface area contributed by atoms with Crippen molar-refractivity contribution >= 4 is 28.1 Å². The second kappa shape index (κ2) is 7.67. The minimum Gasteiger partial charge on any atom is -0.378 e. The van der Waals surface area contributed by atoms with E-state index in [1.807, 2.05) is 18.3 Å². The van der Waals surface area contributed by atoms with E-state index in [2.05, 4.69) is 33.2 Å². The highest BCUT2D eigenvalue weighted by atomic mass is 19.1. The number of aromatic amines is 1. The summed E-state index contributed by atoms with van der Waals surface area (Å²) in [5, 5.41) is 3.99. The number of anilines is 3. The summed E-state index contributed by atoms with van der Waals surface area (Å²) in [6, 6.07) is 7.68. The number of ether oxygens (including phenoxy) is 1. The largest absolute Gasteiger partial charge is 0.378 e. The van der Waals surface area contributed by atoms with Crippen LogP contribution in [-0.2, 0) is 4.74 Å². The number of aromatic nitrogens is 2. The maximum Gasteiger partial charge on any atom is 0.148 e. The Kier molecular flexibility index (Phi) is 4.87. The van der Waals surface area contributed by atoms with E-state index in [1.165, 1.54) is 24.7 Å². The Morgan fingerprint density at radius 3 is 2.83 bits per heavy atom. The Morgan fingerprint density at radius 1 is 1.21 bits per heavy atom. The molecule has 2 fully saturated rings. The van der Waals surface area contributed by atoms with Crippen LogP contribution in [0.5, 0.6) is 0 Å². The number of rotatable bonds is 6. The van der Waals surface area contributed by atoms with Gasteiger partial charge in [-0.05, 0) is 62.8 Å². The lowest BCUT2D eigenvalue weighted by Crippen LogP contribution is -2.37. The number of hydrogen-bond donors (Lipinski definition) is 2. The first kappa shape index (κ1) is 18.4. The number of piperidine rings is 1. The van der Waals surface area contributed by atoms with Crippen molar-refractivity contribution in [2.75, 3.05) is 29.9 Å². The third-order valence-electron chi connectivity index (χ3n) is 6.12. The molecule has 6 heteroatoms. The first-order valence-electron chi connectivity index (χ1n) is 10.5. The number of fused-ring (bicyclic) bond motifs is 1. The monoisotopic (exact) mass is 394 g/mol. The fourth-order valence-corrected chi connectivity index (χ4v) is 4.12. The minimum absolute atomic E-state index is 0.229. The number of H-pyrrole nitrogens is 1. The Bertz CT molecular complexity index is 1010. The summed E-state index contributed by atoms with van der Waals surface area (Å²) in [5.74, 6) is 1.43. The summed E-state index contributed by atoms with van der Waals surface area (Å²) in [7, 11) is 0. The molecule has 2 aromatic heterocycles. The maximum atomic E-state index is 13.7. The van der Waals surface area contributed by atoms with E-state index in [0.717, 1.165) is 61.0 Å². The van der Waals surface area contributed by atoms with E-state index in [-0.39, 0.29) is 5.82 Å². The van der Waals surface area contributed by atoms with Crippen LogP contribution in [0.2, 0.25) is 0 Å². The summed E-state index contributed by atoms with van der Waals surface area (Å²) in [4.78, 5) is 9.93. The molecule has 0 unspecified atom stereocenters. The highest BCUT2D eigenvalue weighted by Crippen LogP contribution is 2.32. The van der Waals surface area contributed by atoms with Gasteiger partial charge in [0.2, 0.25) is 0 Å². The molecule has 0 radical (unpaired) electrons. The second-order valence-electron chi connectivity index (χ2n) is 8.29. The van der Waals surface area contributed by atoms with Crippen LogP contribution in [0.25, 0.3) is 10.9 Å². The van der Waals surface area contributed by atoms with Crippen LogP contribution in [-0.4, -0.2) is 35.8 Å². The van der Waals surface area contributed by atoms with Crippen molar-refractivity contribution in [1.29, 1.82) is 0 Å². The Morgan fingerprint density at radius 2 is 2.03 bits per heavy atom. The van der Waals surface area contributed by atoms with E-state index in [9.17, 15) is 4.39 Å². The number of benzene rings is 1. The van der Waals surface area contributed by atoms with Crippen LogP contribution in [0, 0.1) is 18.7 Å². The summed E-state index contributed by atoms with van der Waals surface area (Å²) >= 11 is 0. The van der Waals surface area contributed by atoms with Gasteiger partial charge >= 0.3 is 0 Å². The molecular formula is C23H27FN4O. The summed E-state index contributed by atoms with van der Waals surface area (Å²) < 4.78 is 19.7. The van der Waals surface area contributed by atoms with Crippen LogP contribution >= 0.6 is 0 Å². The molecule has 3 heterocycles. The average Bonchev–Trinajstić information content (AvgIpc) is 3.51. The van der Waals surface area contributed by atoms with E-state index < -0.39 is 0 Å². The van der Waals surface area contributed by atoms with E-state index in [1.54, 1.807) is 6.07 Å². The van der Waals surface area contributed by atoms with Gasteiger partial charge in [-0.1, -0.05) is 0 Å². The van der Waals surface area contributed by atoms with Crippen molar-refractivity contribution in [2.24, 2.45) is 5.92 Å². The van der Waals surface area contributed by atoms with Crippen molar-refractivity contribution < 1.29 is 9.13 Å². The molecule has 0 atom stereocenters. The Labute approximate surface area is 170 Å². The SMILES string of the molecule is Cc1c(N2CCC(OCC3CC3)CC2)ccnc1Nc1ccc2c(F)c[nH]c2c1. The van der Waals surface area contributed by atoms with Crippen molar-refractivity contribution in [1.82, 2.24) is 9.97 Å². The molecule has 29 heavy (non-hydrogen) atoms. The van der Waals surface area contributed by atoms with Gasteiger partial charge in [0.05, 0.1) is 11.6 Å². The van der Waals surface area contributed by atoms with Gasteiger partial charge in [-0.2, -0.15) is 0 Å². The molecule has 152 valence electrons. The molecule has 1 aliphatic heterocycles. The standard InChI is InChI=1S/C23H27FN4O/c1-15-22(28-10-7-18(8-11-28)29-14-16-2-3-16)6-9-25-23(15)27-17-4-5-19-20(24)13-26-21(19)12-17/h4-6,9,12-13,16,18,26H,2-3,7-8,10-11,14H2,1H3,(H,25,27). The van der Waals surface area contributed by atoms with Gasteiger partial charge in [-0.15, -0.1) is 0 Å². The third-order valence-corrected chi connectivity index (χ3v) is 6.12. The summed E-state index contributed by atoms with van der Waals surface area (Å²) in [5.41, 5.74) is 4.01. The molecule has 2 N–H and O–H groups in total. The number of pyridine rings is 1. The smallest absolute Gasteiger partial charge is 0.148 e. The molecule has 1 saturated heterocycles. The Balaban J connectivity index is 1.27. The number of halogens is 1. The summed E-state index contributed by atoms with van der Waals surface area (Å²) in [6.45, 7) is 5.07. The van der Waals surface area contributed by atoms with Gasteiger partial charge in [-0.25, -0.2) is 9.37 Å². The molecular weight excluding hydrogens is 367 g/mol. The molecule has 5 rings (SSSR count). The molecule has 1 saturated carbocycles. The Hall–Kier alpha value is -2.60. The fourth-order valence-electron chi connectivity index (χ4n) is 4.12. The number of nitrogens with one attached hydrogen (secondary N) is 2. The molecule has 2 aliphatic rings. The second-order valence-corrected chi connectivity index (χ2v) is 8.29. The zero-order chi connectivity index (χ0) is 19.8. The van der Waals surface area contributed by atoms with Gasteiger partial charge in [0, 0.05) is 54.4 Å².